The van der Waals surface area contributed by atoms with Gasteiger partial charge in [0.2, 0.25) is 0 Å². The van der Waals surface area contributed by atoms with E-state index in [0.29, 0.717) is 16.5 Å². The highest BCUT2D eigenvalue weighted by atomic mass is 35.5. The molecule has 0 amide bonds. The summed E-state index contributed by atoms with van der Waals surface area (Å²) < 4.78 is 27.2. The van der Waals surface area contributed by atoms with Gasteiger partial charge in [-0.2, -0.15) is 0 Å². The van der Waals surface area contributed by atoms with E-state index in [1.54, 1.807) is 24.3 Å². The molecule has 3 aromatic rings. The van der Waals surface area contributed by atoms with Gasteiger partial charge in [0.15, 0.2) is 0 Å². The quantitative estimate of drug-likeness (QED) is 0.686. The summed E-state index contributed by atoms with van der Waals surface area (Å²) in [6.07, 6.45) is 1.46. The standard InChI is InChI=1S/C18H16ClN3O2S/c1-13-4-2-6-15(10-13)21-18-9-8-16(12-20-18)22-25(23,24)17-7-3-5-14(19)11-17/h2-12,22H,1H3,(H,20,21). The molecule has 0 aliphatic rings. The largest absolute Gasteiger partial charge is 0.340 e. The molecule has 2 aromatic carbocycles. The van der Waals surface area contributed by atoms with E-state index in [9.17, 15) is 8.42 Å². The number of aromatic nitrogens is 1. The molecule has 25 heavy (non-hydrogen) atoms. The van der Waals surface area contributed by atoms with Gasteiger partial charge in [0, 0.05) is 10.7 Å². The Labute approximate surface area is 151 Å². The smallest absolute Gasteiger partial charge is 0.261 e. The monoisotopic (exact) mass is 373 g/mol. The van der Waals surface area contributed by atoms with Gasteiger partial charge < -0.3 is 5.32 Å². The number of hydrogen-bond acceptors (Lipinski definition) is 4. The average Bonchev–Trinajstić information content (AvgIpc) is 2.56. The normalized spacial score (nSPS) is 11.1. The summed E-state index contributed by atoms with van der Waals surface area (Å²) in [5.74, 6) is 0.622. The zero-order valence-corrected chi connectivity index (χ0v) is 15.0. The van der Waals surface area contributed by atoms with Crippen molar-refractivity contribution in [2.75, 3.05) is 10.0 Å². The minimum atomic E-state index is -3.71. The number of pyridine rings is 1. The van der Waals surface area contributed by atoms with Crippen LogP contribution in [0.5, 0.6) is 0 Å². The summed E-state index contributed by atoms with van der Waals surface area (Å²) >= 11 is 5.85. The average molecular weight is 374 g/mol. The molecule has 0 aliphatic heterocycles. The fourth-order valence-electron chi connectivity index (χ4n) is 2.25. The molecule has 2 N–H and O–H groups in total. The Bertz CT molecular complexity index is 989. The van der Waals surface area contributed by atoms with Crippen molar-refractivity contribution in [3.8, 4) is 0 Å². The van der Waals surface area contributed by atoms with Crippen molar-refractivity contribution in [2.24, 2.45) is 0 Å². The number of sulfonamides is 1. The molecule has 0 unspecified atom stereocenters. The lowest BCUT2D eigenvalue weighted by Crippen LogP contribution is -2.13. The lowest BCUT2D eigenvalue weighted by molar-refractivity contribution is 0.601. The molecule has 5 nitrogen and oxygen atoms in total. The topological polar surface area (TPSA) is 71.1 Å². The van der Waals surface area contributed by atoms with Crippen molar-refractivity contribution < 1.29 is 8.42 Å². The SMILES string of the molecule is Cc1cccc(Nc2ccc(NS(=O)(=O)c3cccc(Cl)c3)cn2)c1. The van der Waals surface area contributed by atoms with Gasteiger partial charge in [-0.15, -0.1) is 0 Å². The summed E-state index contributed by atoms with van der Waals surface area (Å²) in [5, 5.41) is 3.53. The molecule has 0 atom stereocenters. The summed E-state index contributed by atoms with van der Waals surface area (Å²) in [5.41, 5.74) is 2.42. The van der Waals surface area contributed by atoms with Crippen LogP contribution in [0.3, 0.4) is 0 Å². The predicted molar refractivity (Wildman–Crippen MR) is 101 cm³/mol. The van der Waals surface area contributed by atoms with Crippen LogP contribution in [0.25, 0.3) is 0 Å². The first-order valence-corrected chi connectivity index (χ1v) is 9.37. The fraction of sp³-hybridized carbons (Fsp3) is 0.0556. The molecule has 0 radical (unpaired) electrons. The summed E-state index contributed by atoms with van der Waals surface area (Å²) in [6.45, 7) is 2.01. The summed E-state index contributed by atoms with van der Waals surface area (Å²) in [7, 11) is -3.71. The third-order valence-corrected chi connectivity index (χ3v) is 5.03. The number of hydrogen-bond donors (Lipinski definition) is 2. The van der Waals surface area contributed by atoms with Crippen molar-refractivity contribution in [1.82, 2.24) is 4.98 Å². The number of nitrogens with one attached hydrogen (secondary N) is 2. The maximum Gasteiger partial charge on any atom is 0.261 e. The molecule has 0 bridgehead atoms. The van der Waals surface area contributed by atoms with Crippen LogP contribution in [0, 0.1) is 6.92 Å². The Balaban J connectivity index is 1.74. The molecular formula is C18H16ClN3O2S. The van der Waals surface area contributed by atoms with Crippen LogP contribution >= 0.6 is 11.6 Å². The van der Waals surface area contributed by atoms with Gasteiger partial charge in [-0.25, -0.2) is 13.4 Å². The van der Waals surface area contributed by atoms with Crippen molar-refractivity contribution in [2.45, 2.75) is 11.8 Å². The number of benzene rings is 2. The zero-order valence-electron chi connectivity index (χ0n) is 13.4. The Morgan fingerprint density at radius 1 is 0.960 bits per heavy atom. The molecule has 0 spiro atoms. The van der Waals surface area contributed by atoms with E-state index in [1.165, 1.54) is 18.3 Å². The minimum absolute atomic E-state index is 0.0990. The second-order valence-corrected chi connectivity index (χ2v) is 7.61. The van der Waals surface area contributed by atoms with Crippen LogP contribution in [0.1, 0.15) is 5.56 Å². The van der Waals surface area contributed by atoms with E-state index in [0.717, 1.165) is 11.3 Å². The molecule has 0 saturated carbocycles. The van der Waals surface area contributed by atoms with Gasteiger partial charge >= 0.3 is 0 Å². The van der Waals surface area contributed by atoms with Crippen molar-refractivity contribution in [3.63, 3.8) is 0 Å². The Morgan fingerprint density at radius 3 is 2.44 bits per heavy atom. The number of rotatable bonds is 5. The molecule has 0 saturated heterocycles. The number of anilines is 3. The van der Waals surface area contributed by atoms with E-state index in [-0.39, 0.29) is 4.90 Å². The molecular weight excluding hydrogens is 358 g/mol. The van der Waals surface area contributed by atoms with E-state index >= 15 is 0 Å². The highest BCUT2D eigenvalue weighted by Gasteiger charge is 2.14. The lowest BCUT2D eigenvalue weighted by atomic mass is 10.2. The van der Waals surface area contributed by atoms with E-state index in [2.05, 4.69) is 15.0 Å². The van der Waals surface area contributed by atoms with Gasteiger partial charge in [-0.3, -0.25) is 4.72 Å². The lowest BCUT2D eigenvalue weighted by Gasteiger charge is -2.10. The van der Waals surface area contributed by atoms with E-state index < -0.39 is 10.0 Å². The maximum absolute atomic E-state index is 12.4. The Hall–Kier alpha value is -2.57. The minimum Gasteiger partial charge on any atom is -0.340 e. The highest BCUT2D eigenvalue weighted by Crippen LogP contribution is 2.21. The molecule has 0 aliphatic carbocycles. The molecule has 1 heterocycles. The number of nitrogens with zero attached hydrogens (tertiary/aromatic N) is 1. The first kappa shape index (κ1) is 17.3. The van der Waals surface area contributed by atoms with Crippen molar-refractivity contribution in [1.29, 1.82) is 0 Å². The Kier molecular flexibility index (Phi) is 4.92. The van der Waals surface area contributed by atoms with Crippen LogP contribution in [0.4, 0.5) is 17.2 Å². The van der Waals surface area contributed by atoms with Crippen LogP contribution in [-0.2, 0) is 10.0 Å². The zero-order chi connectivity index (χ0) is 17.9. The van der Waals surface area contributed by atoms with Crippen LogP contribution in [-0.4, -0.2) is 13.4 Å². The number of aryl methyl sites for hydroxylation is 1. The fourth-order valence-corrected chi connectivity index (χ4v) is 3.59. The van der Waals surface area contributed by atoms with Crippen molar-refractivity contribution in [3.05, 3.63) is 77.4 Å². The second kappa shape index (κ2) is 7.13. The first-order valence-electron chi connectivity index (χ1n) is 7.50. The maximum atomic E-state index is 12.4. The summed E-state index contributed by atoms with van der Waals surface area (Å²) in [6, 6.07) is 17.3. The van der Waals surface area contributed by atoms with E-state index in [1.807, 2.05) is 31.2 Å². The van der Waals surface area contributed by atoms with Gasteiger partial charge in [0.1, 0.15) is 5.82 Å². The highest BCUT2D eigenvalue weighted by molar-refractivity contribution is 7.92. The van der Waals surface area contributed by atoms with Gasteiger partial charge in [-0.1, -0.05) is 29.8 Å². The van der Waals surface area contributed by atoms with Gasteiger partial charge in [-0.05, 0) is 55.0 Å². The molecule has 7 heteroatoms. The molecule has 0 fully saturated rings. The van der Waals surface area contributed by atoms with Crippen LogP contribution < -0.4 is 10.0 Å². The van der Waals surface area contributed by atoms with Gasteiger partial charge in [0.05, 0.1) is 16.8 Å². The summed E-state index contributed by atoms with van der Waals surface area (Å²) in [4.78, 5) is 4.33. The first-order chi connectivity index (χ1) is 11.9. The second-order valence-electron chi connectivity index (χ2n) is 5.49. The Morgan fingerprint density at radius 2 is 1.76 bits per heavy atom. The predicted octanol–water partition coefficient (Wildman–Crippen LogP) is 4.59. The molecule has 1 aromatic heterocycles. The molecule has 3 rings (SSSR count). The van der Waals surface area contributed by atoms with Gasteiger partial charge in [0.25, 0.3) is 10.0 Å². The van der Waals surface area contributed by atoms with Crippen LogP contribution in [0.2, 0.25) is 5.02 Å². The van der Waals surface area contributed by atoms with Crippen molar-refractivity contribution >= 4 is 38.8 Å². The van der Waals surface area contributed by atoms with Crippen LogP contribution in [0.15, 0.2) is 71.8 Å². The third-order valence-electron chi connectivity index (χ3n) is 3.41. The van der Waals surface area contributed by atoms with E-state index in [4.69, 9.17) is 11.6 Å². The molecule has 128 valence electrons. The number of halogens is 1. The third kappa shape index (κ3) is 4.49.